The molecule has 1 aromatic rings. The molecule has 88 valence electrons. The van der Waals surface area contributed by atoms with Crippen molar-refractivity contribution < 1.29 is 8.78 Å². The molecule has 2 rings (SSSR count). The molecule has 1 atom stereocenters. The predicted octanol–water partition coefficient (Wildman–Crippen LogP) is 3.33. The van der Waals surface area contributed by atoms with E-state index >= 15 is 0 Å². The Kier molecular flexibility index (Phi) is 3.24. The van der Waals surface area contributed by atoms with Crippen LogP contribution in [0.3, 0.4) is 0 Å². The Morgan fingerprint density at radius 1 is 1.25 bits per heavy atom. The van der Waals surface area contributed by atoms with Crippen LogP contribution in [0.25, 0.3) is 0 Å². The Hall–Kier alpha value is -0.960. The minimum absolute atomic E-state index is 0.0520. The van der Waals surface area contributed by atoms with Crippen molar-refractivity contribution in [1.82, 2.24) is 5.32 Å². The Labute approximate surface area is 94.9 Å². The van der Waals surface area contributed by atoms with E-state index in [0.29, 0.717) is 17.0 Å². The zero-order valence-corrected chi connectivity index (χ0v) is 9.69. The third kappa shape index (κ3) is 1.96. The Morgan fingerprint density at radius 3 is 2.44 bits per heavy atom. The second-order valence-electron chi connectivity index (χ2n) is 4.58. The van der Waals surface area contributed by atoms with Crippen LogP contribution in [0.5, 0.6) is 0 Å². The van der Waals surface area contributed by atoms with Crippen molar-refractivity contribution in [2.75, 3.05) is 7.05 Å². The highest BCUT2D eigenvalue weighted by Gasteiger charge is 2.29. The molecule has 1 aromatic carbocycles. The summed E-state index contributed by atoms with van der Waals surface area (Å²) in [6.45, 7) is 1.58. The van der Waals surface area contributed by atoms with Crippen LogP contribution in [0.4, 0.5) is 8.78 Å². The summed E-state index contributed by atoms with van der Waals surface area (Å²) in [7, 11) is 1.81. The summed E-state index contributed by atoms with van der Waals surface area (Å²) in [4.78, 5) is 0. The van der Waals surface area contributed by atoms with E-state index in [1.807, 2.05) is 0 Å². The molecule has 1 N–H and O–H groups in total. The fourth-order valence-electron chi connectivity index (χ4n) is 2.32. The Balaban J connectivity index is 2.33. The maximum absolute atomic E-state index is 13.8. The van der Waals surface area contributed by atoms with Gasteiger partial charge in [-0.15, -0.1) is 0 Å². The van der Waals surface area contributed by atoms with Gasteiger partial charge in [-0.1, -0.05) is 6.42 Å². The van der Waals surface area contributed by atoms with Crippen molar-refractivity contribution in [3.63, 3.8) is 0 Å². The summed E-state index contributed by atoms with van der Waals surface area (Å²) in [6.07, 6.45) is 3.39. The van der Waals surface area contributed by atoms with Gasteiger partial charge >= 0.3 is 0 Å². The van der Waals surface area contributed by atoms with E-state index in [-0.39, 0.29) is 17.7 Å². The van der Waals surface area contributed by atoms with Gasteiger partial charge in [0.25, 0.3) is 0 Å². The highest BCUT2D eigenvalue weighted by Crippen LogP contribution is 2.38. The van der Waals surface area contributed by atoms with Crippen molar-refractivity contribution in [1.29, 1.82) is 0 Å². The van der Waals surface area contributed by atoms with Gasteiger partial charge in [0.2, 0.25) is 0 Å². The first kappa shape index (κ1) is 11.5. The second kappa shape index (κ2) is 4.50. The quantitative estimate of drug-likeness (QED) is 0.832. The van der Waals surface area contributed by atoms with E-state index in [4.69, 9.17) is 0 Å². The van der Waals surface area contributed by atoms with Gasteiger partial charge in [0, 0.05) is 11.6 Å². The highest BCUT2D eigenvalue weighted by molar-refractivity contribution is 5.28. The zero-order valence-electron chi connectivity index (χ0n) is 9.69. The summed E-state index contributed by atoms with van der Waals surface area (Å²) in [6, 6.07) is 2.57. The van der Waals surface area contributed by atoms with Crippen LogP contribution in [0.1, 0.15) is 36.4 Å². The SMILES string of the molecule is CNC(c1cc(F)c(C)cc1F)C1CCC1. The monoisotopic (exact) mass is 225 g/mol. The molecule has 1 aliphatic carbocycles. The van der Waals surface area contributed by atoms with E-state index in [0.717, 1.165) is 12.8 Å². The van der Waals surface area contributed by atoms with Crippen LogP contribution >= 0.6 is 0 Å². The lowest BCUT2D eigenvalue weighted by molar-refractivity contribution is 0.235. The van der Waals surface area contributed by atoms with Gasteiger partial charge in [0.1, 0.15) is 11.6 Å². The van der Waals surface area contributed by atoms with Crippen LogP contribution in [-0.4, -0.2) is 7.05 Å². The molecule has 0 radical (unpaired) electrons. The molecule has 0 bridgehead atoms. The molecule has 1 aliphatic rings. The molecule has 0 aliphatic heterocycles. The van der Waals surface area contributed by atoms with E-state index in [9.17, 15) is 8.78 Å². The molecule has 0 heterocycles. The summed E-state index contributed by atoms with van der Waals surface area (Å²) in [5.74, 6) is -0.178. The summed E-state index contributed by atoms with van der Waals surface area (Å²) in [5.41, 5.74) is 0.833. The topological polar surface area (TPSA) is 12.0 Å². The predicted molar refractivity (Wildman–Crippen MR) is 60.2 cm³/mol. The van der Waals surface area contributed by atoms with Crippen molar-refractivity contribution in [2.45, 2.75) is 32.2 Å². The van der Waals surface area contributed by atoms with E-state index in [1.165, 1.54) is 18.6 Å². The first-order valence-electron chi connectivity index (χ1n) is 5.76. The molecule has 1 fully saturated rings. The first-order chi connectivity index (χ1) is 7.63. The number of benzene rings is 1. The smallest absolute Gasteiger partial charge is 0.128 e. The number of nitrogens with one attached hydrogen (secondary N) is 1. The molecule has 3 heteroatoms. The Bertz CT molecular complexity index is 386. The molecule has 16 heavy (non-hydrogen) atoms. The Morgan fingerprint density at radius 2 is 1.94 bits per heavy atom. The van der Waals surface area contributed by atoms with Gasteiger partial charge < -0.3 is 5.32 Å². The molecule has 1 saturated carbocycles. The van der Waals surface area contributed by atoms with Gasteiger partial charge in [-0.25, -0.2) is 8.78 Å². The van der Waals surface area contributed by atoms with Gasteiger partial charge in [-0.3, -0.25) is 0 Å². The number of hydrogen-bond acceptors (Lipinski definition) is 1. The van der Waals surface area contributed by atoms with Crippen LogP contribution in [-0.2, 0) is 0 Å². The zero-order chi connectivity index (χ0) is 11.7. The number of rotatable bonds is 3. The average Bonchev–Trinajstić information content (AvgIpc) is 2.17. The third-order valence-corrected chi connectivity index (χ3v) is 3.55. The number of aryl methyl sites for hydroxylation is 1. The number of halogens is 2. The van der Waals surface area contributed by atoms with Crippen LogP contribution in [0.15, 0.2) is 12.1 Å². The number of hydrogen-bond donors (Lipinski definition) is 1. The normalized spacial score (nSPS) is 18.2. The molecule has 1 unspecified atom stereocenters. The summed E-state index contributed by atoms with van der Waals surface area (Å²) >= 11 is 0. The average molecular weight is 225 g/mol. The third-order valence-electron chi connectivity index (χ3n) is 3.55. The lowest BCUT2D eigenvalue weighted by Crippen LogP contribution is -2.30. The van der Waals surface area contributed by atoms with Gasteiger partial charge in [0.05, 0.1) is 0 Å². The lowest BCUT2D eigenvalue weighted by Gasteiger charge is -2.34. The standard InChI is InChI=1S/C13H17F2N/c1-8-6-12(15)10(7-11(8)14)13(16-2)9-4-3-5-9/h6-7,9,13,16H,3-5H2,1-2H3. The minimum Gasteiger partial charge on any atom is -0.313 e. The van der Waals surface area contributed by atoms with E-state index in [1.54, 1.807) is 14.0 Å². The maximum atomic E-state index is 13.8. The van der Waals surface area contributed by atoms with E-state index < -0.39 is 0 Å². The minimum atomic E-state index is -0.323. The van der Waals surface area contributed by atoms with Crippen molar-refractivity contribution in [3.05, 3.63) is 34.9 Å². The first-order valence-corrected chi connectivity index (χ1v) is 5.76. The molecule has 0 spiro atoms. The molecule has 0 aromatic heterocycles. The molecular formula is C13H17F2N. The van der Waals surface area contributed by atoms with Crippen molar-refractivity contribution >= 4 is 0 Å². The second-order valence-corrected chi connectivity index (χ2v) is 4.58. The van der Waals surface area contributed by atoms with Crippen LogP contribution in [0, 0.1) is 24.5 Å². The molecule has 0 amide bonds. The van der Waals surface area contributed by atoms with Crippen LogP contribution in [0.2, 0.25) is 0 Å². The summed E-state index contributed by atoms with van der Waals surface area (Å²) < 4.78 is 27.2. The fraction of sp³-hybridized carbons (Fsp3) is 0.538. The van der Waals surface area contributed by atoms with Gasteiger partial charge in [-0.2, -0.15) is 0 Å². The lowest BCUT2D eigenvalue weighted by atomic mass is 9.77. The largest absolute Gasteiger partial charge is 0.313 e. The molecule has 1 nitrogen and oxygen atoms in total. The van der Waals surface area contributed by atoms with Crippen molar-refractivity contribution in [2.24, 2.45) is 5.92 Å². The molecule has 0 saturated heterocycles. The van der Waals surface area contributed by atoms with Crippen LogP contribution < -0.4 is 5.32 Å². The van der Waals surface area contributed by atoms with E-state index in [2.05, 4.69) is 5.32 Å². The van der Waals surface area contributed by atoms with Gasteiger partial charge in [0.15, 0.2) is 0 Å². The van der Waals surface area contributed by atoms with Gasteiger partial charge in [-0.05, 0) is 50.4 Å². The van der Waals surface area contributed by atoms with Crippen molar-refractivity contribution in [3.8, 4) is 0 Å². The highest BCUT2D eigenvalue weighted by atomic mass is 19.1. The molecular weight excluding hydrogens is 208 g/mol. The maximum Gasteiger partial charge on any atom is 0.128 e. The fourth-order valence-corrected chi connectivity index (χ4v) is 2.32. The summed E-state index contributed by atoms with van der Waals surface area (Å²) in [5, 5.41) is 3.10.